The molecule has 0 radical (unpaired) electrons. The fourth-order valence-corrected chi connectivity index (χ4v) is 2.17. The Morgan fingerprint density at radius 2 is 2.33 bits per heavy atom. The lowest BCUT2D eigenvalue weighted by molar-refractivity contribution is -0.122. The van der Waals surface area contributed by atoms with Gasteiger partial charge in [0.05, 0.1) is 0 Å². The van der Waals surface area contributed by atoms with Crippen LogP contribution in [0.25, 0.3) is 0 Å². The average molecular weight is 248 g/mol. The maximum atomic E-state index is 12.1. The third-order valence-corrected chi connectivity index (χ3v) is 3.23. The minimum atomic E-state index is -0.146. The molecule has 0 bridgehead atoms. The summed E-state index contributed by atoms with van der Waals surface area (Å²) in [5.74, 6) is 0.0646. The third-order valence-electron chi connectivity index (χ3n) is 3.23. The van der Waals surface area contributed by atoms with Gasteiger partial charge in [0, 0.05) is 31.9 Å². The monoisotopic (exact) mass is 248 g/mol. The zero-order valence-electron chi connectivity index (χ0n) is 10.9. The molecule has 0 aliphatic carbocycles. The second-order valence-corrected chi connectivity index (χ2v) is 4.75. The molecule has 98 valence electrons. The van der Waals surface area contributed by atoms with Crippen LogP contribution in [0.4, 0.5) is 5.69 Å². The molecule has 2 unspecified atom stereocenters. The first kappa shape index (κ1) is 12.9. The molecule has 0 aromatic heterocycles. The van der Waals surface area contributed by atoms with Gasteiger partial charge in [-0.2, -0.15) is 0 Å². The second-order valence-electron chi connectivity index (χ2n) is 4.75. The summed E-state index contributed by atoms with van der Waals surface area (Å²) in [6, 6.07) is 8.05. The van der Waals surface area contributed by atoms with Crippen molar-refractivity contribution in [1.82, 2.24) is 5.32 Å². The zero-order chi connectivity index (χ0) is 13.0. The van der Waals surface area contributed by atoms with Gasteiger partial charge < -0.3 is 15.4 Å². The largest absolute Gasteiger partial charge is 0.385 e. The molecule has 2 N–H and O–H groups in total. The minimum absolute atomic E-state index is 0.0646. The van der Waals surface area contributed by atoms with Crippen LogP contribution < -0.4 is 10.6 Å². The van der Waals surface area contributed by atoms with Gasteiger partial charge in [0.15, 0.2) is 0 Å². The predicted molar refractivity (Wildman–Crippen MR) is 71.7 cm³/mol. The van der Waals surface area contributed by atoms with Crippen LogP contribution in [0.3, 0.4) is 0 Å². The van der Waals surface area contributed by atoms with Crippen LogP contribution in [0.5, 0.6) is 0 Å². The molecule has 0 saturated carbocycles. The van der Waals surface area contributed by atoms with Gasteiger partial charge in [-0.25, -0.2) is 0 Å². The highest BCUT2D eigenvalue weighted by Crippen LogP contribution is 2.25. The van der Waals surface area contributed by atoms with E-state index in [-0.39, 0.29) is 18.0 Å². The Balaban J connectivity index is 1.85. The van der Waals surface area contributed by atoms with Gasteiger partial charge in [-0.3, -0.25) is 4.79 Å². The smallest absolute Gasteiger partial charge is 0.243 e. The molecule has 0 spiro atoms. The van der Waals surface area contributed by atoms with E-state index < -0.39 is 0 Å². The molecular weight excluding hydrogens is 228 g/mol. The number of fused-ring (bicyclic) bond motifs is 1. The molecule has 2 atom stereocenters. The lowest BCUT2D eigenvalue weighted by Gasteiger charge is -2.17. The maximum Gasteiger partial charge on any atom is 0.243 e. The van der Waals surface area contributed by atoms with Crippen LogP contribution in [0.1, 0.15) is 18.9 Å². The molecule has 4 nitrogen and oxygen atoms in total. The van der Waals surface area contributed by atoms with Crippen molar-refractivity contribution < 1.29 is 9.53 Å². The summed E-state index contributed by atoms with van der Waals surface area (Å²) in [7, 11) is 1.67. The van der Waals surface area contributed by atoms with E-state index in [4.69, 9.17) is 4.74 Å². The summed E-state index contributed by atoms with van der Waals surface area (Å²) in [5, 5.41) is 6.26. The van der Waals surface area contributed by atoms with Gasteiger partial charge >= 0.3 is 0 Å². The van der Waals surface area contributed by atoms with E-state index in [0.717, 1.165) is 18.5 Å². The number of benzene rings is 1. The fourth-order valence-electron chi connectivity index (χ4n) is 2.17. The van der Waals surface area contributed by atoms with Crippen molar-refractivity contribution in [2.45, 2.75) is 31.8 Å². The lowest BCUT2D eigenvalue weighted by Crippen LogP contribution is -2.43. The summed E-state index contributed by atoms with van der Waals surface area (Å²) in [5.41, 5.74) is 2.28. The number of hydrogen-bond acceptors (Lipinski definition) is 3. The summed E-state index contributed by atoms with van der Waals surface area (Å²) in [4.78, 5) is 12.1. The molecule has 1 aliphatic heterocycles. The van der Waals surface area contributed by atoms with Crippen LogP contribution in [-0.2, 0) is 16.0 Å². The van der Waals surface area contributed by atoms with Crippen molar-refractivity contribution in [2.24, 2.45) is 0 Å². The van der Waals surface area contributed by atoms with Gasteiger partial charge in [0.1, 0.15) is 6.04 Å². The van der Waals surface area contributed by atoms with Crippen molar-refractivity contribution in [3.8, 4) is 0 Å². The summed E-state index contributed by atoms with van der Waals surface area (Å²) in [6.07, 6.45) is 1.60. The summed E-state index contributed by atoms with van der Waals surface area (Å²) >= 11 is 0. The van der Waals surface area contributed by atoms with Crippen LogP contribution >= 0.6 is 0 Å². The highest BCUT2D eigenvalue weighted by Gasteiger charge is 2.26. The number of carbonyl (C=O) groups excluding carboxylic acids is 1. The Kier molecular flexibility index (Phi) is 4.20. The Labute approximate surface area is 108 Å². The maximum absolute atomic E-state index is 12.1. The van der Waals surface area contributed by atoms with Crippen LogP contribution in [-0.4, -0.2) is 31.7 Å². The second kappa shape index (κ2) is 5.87. The number of nitrogens with one attached hydrogen (secondary N) is 2. The Bertz CT molecular complexity index is 395. The van der Waals surface area contributed by atoms with Crippen molar-refractivity contribution in [1.29, 1.82) is 0 Å². The molecule has 1 amide bonds. The highest BCUT2D eigenvalue weighted by atomic mass is 16.5. The molecule has 1 aromatic carbocycles. The normalized spacial score (nSPS) is 18.9. The number of ether oxygens (including phenoxy) is 1. The molecule has 1 heterocycles. The zero-order valence-corrected chi connectivity index (χ0v) is 10.9. The molecule has 4 heteroatoms. The molecule has 1 aromatic rings. The topological polar surface area (TPSA) is 50.4 Å². The van der Waals surface area contributed by atoms with Gasteiger partial charge in [0.25, 0.3) is 0 Å². The van der Waals surface area contributed by atoms with Crippen LogP contribution in [0, 0.1) is 0 Å². The summed E-state index contributed by atoms with van der Waals surface area (Å²) < 4.78 is 5.00. The van der Waals surface area contributed by atoms with E-state index in [1.807, 2.05) is 25.1 Å². The van der Waals surface area contributed by atoms with Crippen molar-refractivity contribution in [2.75, 3.05) is 19.0 Å². The first-order valence-corrected chi connectivity index (χ1v) is 6.34. The molecular formula is C14H20N2O2. The van der Waals surface area contributed by atoms with Crippen molar-refractivity contribution >= 4 is 11.6 Å². The molecule has 0 fully saturated rings. The fraction of sp³-hybridized carbons (Fsp3) is 0.500. The van der Waals surface area contributed by atoms with Gasteiger partial charge in [-0.1, -0.05) is 18.2 Å². The Morgan fingerprint density at radius 3 is 3.06 bits per heavy atom. The highest BCUT2D eigenvalue weighted by molar-refractivity contribution is 5.87. The van der Waals surface area contributed by atoms with Crippen LogP contribution in [0.2, 0.25) is 0 Å². The van der Waals surface area contributed by atoms with Crippen LogP contribution in [0.15, 0.2) is 24.3 Å². The standard InChI is InChI=1S/C14H20N2O2/c1-10(7-8-18-2)15-14(17)13-9-11-5-3-4-6-12(11)16-13/h3-6,10,13,16H,7-9H2,1-2H3,(H,15,17). The third kappa shape index (κ3) is 3.01. The van der Waals surface area contributed by atoms with E-state index in [1.54, 1.807) is 7.11 Å². The number of rotatable bonds is 5. The number of para-hydroxylation sites is 1. The van der Waals surface area contributed by atoms with Gasteiger partial charge in [0.2, 0.25) is 5.91 Å². The predicted octanol–water partition coefficient (Wildman–Crippen LogP) is 1.56. The number of carbonyl (C=O) groups is 1. The number of amides is 1. The van der Waals surface area contributed by atoms with E-state index in [9.17, 15) is 4.79 Å². The van der Waals surface area contributed by atoms with Crippen molar-refractivity contribution in [3.05, 3.63) is 29.8 Å². The van der Waals surface area contributed by atoms with Gasteiger partial charge in [-0.15, -0.1) is 0 Å². The molecule has 18 heavy (non-hydrogen) atoms. The molecule has 1 aliphatic rings. The van der Waals surface area contributed by atoms with E-state index >= 15 is 0 Å². The average Bonchev–Trinajstić information content (AvgIpc) is 2.80. The quantitative estimate of drug-likeness (QED) is 0.831. The number of hydrogen-bond donors (Lipinski definition) is 2. The molecule has 0 saturated heterocycles. The van der Waals surface area contributed by atoms with Crippen molar-refractivity contribution in [3.63, 3.8) is 0 Å². The van der Waals surface area contributed by atoms with E-state index in [1.165, 1.54) is 5.56 Å². The van der Waals surface area contributed by atoms with E-state index in [0.29, 0.717) is 6.61 Å². The first-order valence-electron chi connectivity index (χ1n) is 6.34. The first-order chi connectivity index (χ1) is 8.70. The Morgan fingerprint density at radius 1 is 1.56 bits per heavy atom. The Hall–Kier alpha value is -1.55. The SMILES string of the molecule is COCCC(C)NC(=O)C1Cc2ccccc2N1. The van der Waals surface area contributed by atoms with E-state index in [2.05, 4.69) is 16.7 Å². The minimum Gasteiger partial charge on any atom is -0.385 e. The number of anilines is 1. The molecule has 2 rings (SSSR count). The lowest BCUT2D eigenvalue weighted by atomic mass is 10.1. The number of methoxy groups -OCH3 is 1. The summed E-state index contributed by atoms with van der Waals surface area (Å²) in [6.45, 7) is 2.67. The van der Waals surface area contributed by atoms with Gasteiger partial charge in [-0.05, 0) is 25.0 Å².